The van der Waals surface area contributed by atoms with E-state index < -0.39 is 6.36 Å². The van der Waals surface area contributed by atoms with E-state index in [-0.39, 0.29) is 5.75 Å². The number of alkyl halides is 3. The van der Waals surface area contributed by atoms with E-state index in [1.54, 1.807) is 12.3 Å². The van der Waals surface area contributed by atoms with E-state index in [0.29, 0.717) is 10.6 Å². The minimum absolute atomic E-state index is 0.236. The van der Waals surface area contributed by atoms with Gasteiger partial charge < -0.3 is 4.74 Å². The predicted octanol–water partition coefficient (Wildman–Crippen LogP) is 4.31. The molecule has 0 aliphatic rings. The molecule has 1 aromatic carbocycles. The molecule has 0 saturated heterocycles. The maximum absolute atomic E-state index is 12.0. The molecule has 17 heavy (non-hydrogen) atoms. The monoisotopic (exact) mass is 371 g/mol. The summed E-state index contributed by atoms with van der Waals surface area (Å²) in [6.45, 7) is 0. The van der Waals surface area contributed by atoms with E-state index in [2.05, 4.69) is 32.3 Å². The zero-order valence-corrected chi connectivity index (χ0v) is 11.1. The number of thiazole rings is 1. The van der Waals surface area contributed by atoms with Crippen molar-refractivity contribution in [2.45, 2.75) is 6.36 Å². The fraction of sp³-hybridized carbons (Fsp3) is 0.100. The lowest BCUT2D eigenvalue weighted by Crippen LogP contribution is -2.17. The van der Waals surface area contributed by atoms with E-state index in [1.807, 2.05) is 0 Å². The molecule has 2 aromatic rings. The molecule has 0 N–H and O–H groups in total. The van der Waals surface area contributed by atoms with Crippen molar-refractivity contribution < 1.29 is 17.9 Å². The first-order valence-electron chi connectivity index (χ1n) is 4.41. The minimum atomic E-state index is -4.67. The summed E-state index contributed by atoms with van der Waals surface area (Å²) in [7, 11) is 0. The predicted molar refractivity (Wildman–Crippen MR) is 67.0 cm³/mol. The summed E-state index contributed by atoms with van der Waals surface area (Å²) in [5, 5.41) is 0.669. The Bertz CT molecular complexity index is 526. The Morgan fingerprint density at radius 1 is 1.29 bits per heavy atom. The molecule has 0 amide bonds. The molecule has 0 fully saturated rings. The van der Waals surface area contributed by atoms with Crippen LogP contribution in [-0.2, 0) is 0 Å². The van der Waals surface area contributed by atoms with Crippen molar-refractivity contribution in [3.05, 3.63) is 33.3 Å². The lowest BCUT2D eigenvalue weighted by Gasteiger charge is -2.09. The van der Waals surface area contributed by atoms with Crippen molar-refractivity contribution in [1.82, 2.24) is 4.98 Å². The second kappa shape index (κ2) is 4.81. The lowest BCUT2D eigenvalue weighted by molar-refractivity contribution is -0.274. The number of hydrogen-bond donors (Lipinski definition) is 0. The van der Waals surface area contributed by atoms with Crippen molar-refractivity contribution in [3.8, 4) is 16.3 Å². The summed E-state index contributed by atoms with van der Waals surface area (Å²) in [5.74, 6) is -0.236. The molecule has 0 unspecified atom stereocenters. The minimum Gasteiger partial charge on any atom is -0.406 e. The van der Waals surface area contributed by atoms with E-state index >= 15 is 0 Å². The summed E-state index contributed by atoms with van der Waals surface area (Å²) in [6.07, 6.45) is -3.01. The Kier molecular flexibility index (Phi) is 3.57. The Balaban J connectivity index is 2.29. The van der Waals surface area contributed by atoms with E-state index in [9.17, 15) is 13.2 Å². The van der Waals surface area contributed by atoms with Gasteiger partial charge in [0, 0.05) is 5.56 Å². The van der Waals surface area contributed by atoms with Crippen molar-refractivity contribution >= 4 is 33.9 Å². The number of rotatable bonds is 2. The van der Waals surface area contributed by atoms with Crippen LogP contribution < -0.4 is 4.74 Å². The highest BCUT2D eigenvalue weighted by molar-refractivity contribution is 14.1. The first kappa shape index (κ1) is 12.6. The van der Waals surface area contributed by atoms with Gasteiger partial charge in [0.1, 0.15) is 10.8 Å². The summed E-state index contributed by atoms with van der Waals surface area (Å²) in [4.78, 5) is 4.10. The van der Waals surface area contributed by atoms with Crippen molar-refractivity contribution in [2.75, 3.05) is 0 Å². The molecule has 0 aliphatic heterocycles. The van der Waals surface area contributed by atoms with Gasteiger partial charge in [-0.05, 0) is 34.7 Å². The first-order chi connectivity index (χ1) is 7.94. The SMILES string of the molecule is FC(F)(F)Oc1cccc(-c2ncc(I)s2)c1. The van der Waals surface area contributed by atoms with Crippen LogP contribution >= 0.6 is 33.9 Å². The molecule has 90 valence electrons. The number of nitrogens with zero attached hydrogens (tertiary/aromatic N) is 1. The highest BCUT2D eigenvalue weighted by Crippen LogP contribution is 2.30. The standard InChI is InChI=1S/C10H5F3INOS/c11-10(12,13)16-7-3-1-2-6(4-7)9-15-5-8(14)17-9/h1-5H. The zero-order valence-electron chi connectivity index (χ0n) is 8.16. The van der Waals surface area contributed by atoms with Crippen LogP contribution in [0.15, 0.2) is 30.5 Å². The summed E-state index contributed by atoms with van der Waals surface area (Å²) in [6, 6.07) is 5.78. The molecule has 0 atom stereocenters. The maximum Gasteiger partial charge on any atom is 0.573 e. The fourth-order valence-electron chi connectivity index (χ4n) is 1.21. The van der Waals surface area contributed by atoms with Gasteiger partial charge in [-0.2, -0.15) is 0 Å². The number of ether oxygens (including phenoxy) is 1. The van der Waals surface area contributed by atoms with Gasteiger partial charge >= 0.3 is 6.36 Å². The van der Waals surface area contributed by atoms with Gasteiger partial charge in [-0.1, -0.05) is 12.1 Å². The van der Waals surface area contributed by atoms with Crippen molar-refractivity contribution in [2.24, 2.45) is 0 Å². The smallest absolute Gasteiger partial charge is 0.406 e. The van der Waals surface area contributed by atoms with Crippen LogP contribution in [0.3, 0.4) is 0 Å². The van der Waals surface area contributed by atoms with Gasteiger partial charge in [0.05, 0.1) is 9.08 Å². The van der Waals surface area contributed by atoms with Gasteiger partial charge in [0.2, 0.25) is 0 Å². The van der Waals surface area contributed by atoms with Gasteiger partial charge in [0.15, 0.2) is 0 Å². The average molecular weight is 371 g/mol. The summed E-state index contributed by atoms with van der Waals surface area (Å²) >= 11 is 3.51. The molecule has 2 nitrogen and oxygen atoms in total. The molecule has 0 radical (unpaired) electrons. The molecular weight excluding hydrogens is 366 g/mol. The van der Waals surface area contributed by atoms with Crippen LogP contribution in [-0.4, -0.2) is 11.3 Å². The van der Waals surface area contributed by atoms with Crippen molar-refractivity contribution in [1.29, 1.82) is 0 Å². The van der Waals surface area contributed by atoms with Crippen LogP contribution in [0.4, 0.5) is 13.2 Å². The molecule has 0 saturated carbocycles. The molecular formula is C10H5F3INOS. The highest BCUT2D eigenvalue weighted by atomic mass is 127. The van der Waals surface area contributed by atoms with E-state index in [1.165, 1.54) is 29.5 Å². The lowest BCUT2D eigenvalue weighted by atomic mass is 10.2. The molecule has 1 heterocycles. The third kappa shape index (κ3) is 3.56. The molecule has 1 aromatic heterocycles. The molecule has 2 rings (SSSR count). The summed E-state index contributed by atoms with van der Waals surface area (Å²) < 4.78 is 40.9. The highest BCUT2D eigenvalue weighted by Gasteiger charge is 2.31. The Labute approximate surface area is 113 Å². The fourth-order valence-corrected chi connectivity index (χ4v) is 2.62. The molecule has 7 heteroatoms. The Morgan fingerprint density at radius 3 is 2.65 bits per heavy atom. The van der Waals surface area contributed by atoms with Gasteiger partial charge in [0.25, 0.3) is 0 Å². The Morgan fingerprint density at radius 2 is 2.06 bits per heavy atom. The normalized spacial score (nSPS) is 11.5. The zero-order chi connectivity index (χ0) is 12.5. The average Bonchev–Trinajstić information content (AvgIpc) is 2.63. The first-order valence-corrected chi connectivity index (χ1v) is 6.31. The molecule has 0 aliphatic carbocycles. The van der Waals surface area contributed by atoms with Crippen molar-refractivity contribution in [3.63, 3.8) is 0 Å². The van der Waals surface area contributed by atoms with Crippen LogP contribution in [0.25, 0.3) is 10.6 Å². The number of hydrogen-bond acceptors (Lipinski definition) is 3. The summed E-state index contributed by atoms with van der Waals surface area (Å²) in [5.41, 5.74) is 0.611. The van der Waals surface area contributed by atoms with Crippen LogP contribution in [0.1, 0.15) is 0 Å². The van der Waals surface area contributed by atoms with E-state index in [4.69, 9.17) is 0 Å². The third-order valence-electron chi connectivity index (χ3n) is 1.79. The number of benzene rings is 1. The topological polar surface area (TPSA) is 22.1 Å². The maximum atomic E-state index is 12.0. The second-order valence-corrected chi connectivity index (χ2v) is 5.97. The van der Waals surface area contributed by atoms with Crippen LogP contribution in [0, 0.1) is 2.88 Å². The van der Waals surface area contributed by atoms with Crippen LogP contribution in [0.2, 0.25) is 0 Å². The quantitative estimate of drug-likeness (QED) is 0.734. The third-order valence-corrected chi connectivity index (χ3v) is 3.57. The Hall–Kier alpha value is -0.830. The van der Waals surface area contributed by atoms with Gasteiger partial charge in [-0.15, -0.1) is 24.5 Å². The second-order valence-electron chi connectivity index (χ2n) is 3.05. The van der Waals surface area contributed by atoms with E-state index in [0.717, 1.165) is 2.88 Å². The number of halogens is 4. The van der Waals surface area contributed by atoms with Gasteiger partial charge in [-0.3, -0.25) is 0 Å². The number of aromatic nitrogens is 1. The molecule has 0 spiro atoms. The van der Waals surface area contributed by atoms with Gasteiger partial charge in [-0.25, -0.2) is 4.98 Å². The molecule has 0 bridgehead atoms. The largest absolute Gasteiger partial charge is 0.573 e. The van der Waals surface area contributed by atoms with Crippen LogP contribution in [0.5, 0.6) is 5.75 Å².